The van der Waals surface area contributed by atoms with Crippen LogP contribution in [0, 0.1) is 0 Å². The molecule has 1 saturated heterocycles. The molecule has 1 atom stereocenters. The number of β-amino-alcohol motifs (C(OH)–C–C–N with tert-alkyl or cyclic N) is 1. The van der Waals surface area contributed by atoms with E-state index in [2.05, 4.69) is 11.0 Å². The Morgan fingerprint density at radius 2 is 2.36 bits per heavy atom. The molecule has 1 aliphatic heterocycles. The molecule has 2 rings (SSSR count). The fraction of sp³-hybridized carbons (Fsp3) is 0.833. The third-order valence-corrected chi connectivity index (χ3v) is 3.32. The van der Waals surface area contributed by atoms with Gasteiger partial charge in [-0.25, -0.2) is 0 Å². The minimum absolute atomic E-state index is 0.447. The maximum atomic E-state index is 9.96. The average Bonchev–Trinajstić information content (AvgIpc) is 2.54. The number of nitrogens with zero attached hydrogens (tertiary/aromatic N) is 1. The summed E-state index contributed by atoms with van der Waals surface area (Å²) in [6.07, 6.45) is 8.35. The fourth-order valence-electron chi connectivity index (χ4n) is 2.63. The Kier molecular flexibility index (Phi) is 2.93. The van der Waals surface area contributed by atoms with Gasteiger partial charge >= 0.3 is 0 Å². The van der Waals surface area contributed by atoms with Gasteiger partial charge < -0.3 is 5.11 Å². The van der Waals surface area contributed by atoms with Gasteiger partial charge in [-0.2, -0.15) is 0 Å². The molecule has 1 fully saturated rings. The maximum Gasteiger partial charge on any atom is 0.0746 e. The van der Waals surface area contributed by atoms with Crippen LogP contribution < -0.4 is 0 Å². The van der Waals surface area contributed by atoms with Crippen molar-refractivity contribution in [3.63, 3.8) is 0 Å². The van der Waals surface area contributed by atoms with E-state index in [4.69, 9.17) is 0 Å². The zero-order chi connectivity index (χ0) is 10.0. The number of piperidine rings is 1. The van der Waals surface area contributed by atoms with Gasteiger partial charge in [0.15, 0.2) is 0 Å². The Morgan fingerprint density at radius 3 is 3.00 bits per heavy atom. The lowest BCUT2D eigenvalue weighted by Gasteiger charge is -2.37. The summed E-state index contributed by atoms with van der Waals surface area (Å²) in [5.74, 6) is 0. The van der Waals surface area contributed by atoms with Gasteiger partial charge in [0.1, 0.15) is 0 Å². The second-order valence-corrected chi connectivity index (χ2v) is 5.07. The lowest BCUT2D eigenvalue weighted by Crippen LogP contribution is -2.46. The summed E-state index contributed by atoms with van der Waals surface area (Å²) in [4.78, 5) is 2.40. The number of hydrogen-bond acceptors (Lipinski definition) is 2. The van der Waals surface area contributed by atoms with Crippen molar-refractivity contribution >= 4 is 0 Å². The SMILES string of the molecule is CC1(O)CCCN(CC2=CCCC2)C1. The van der Waals surface area contributed by atoms with E-state index in [0.29, 0.717) is 0 Å². The molecule has 1 heterocycles. The third-order valence-electron chi connectivity index (χ3n) is 3.32. The topological polar surface area (TPSA) is 23.5 Å². The van der Waals surface area contributed by atoms with Crippen LogP contribution in [0.3, 0.4) is 0 Å². The highest BCUT2D eigenvalue weighted by Gasteiger charge is 2.28. The molecule has 2 nitrogen and oxygen atoms in total. The van der Waals surface area contributed by atoms with E-state index >= 15 is 0 Å². The van der Waals surface area contributed by atoms with Gasteiger partial charge in [0.05, 0.1) is 5.60 Å². The van der Waals surface area contributed by atoms with Crippen LogP contribution in [-0.2, 0) is 0 Å². The normalized spacial score (nSPS) is 34.6. The Labute approximate surface area is 86.6 Å². The van der Waals surface area contributed by atoms with Crippen LogP contribution in [0.2, 0.25) is 0 Å². The molecule has 0 aromatic rings. The zero-order valence-corrected chi connectivity index (χ0v) is 9.13. The van der Waals surface area contributed by atoms with Gasteiger partial charge in [-0.15, -0.1) is 0 Å². The molecule has 2 heteroatoms. The molecule has 1 unspecified atom stereocenters. The Hall–Kier alpha value is -0.340. The molecule has 0 aromatic carbocycles. The molecular formula is C12H21NO. The minimum atomic E-state index is -0.447. The summed E-state index contributed by atoms with van der Waals surface area (Å²) in [6, 6.07) is 0. The van der Waals surface area contributed by atoms with Gasteiger partial charge in [-0.3, -0.25) is 4.90 Å². The van der Waals surface area contributed by atoms with Crippen molar-refractivity contribution in [3.8, 4) is 0 Å². The molecule has 14 heavy (non-hydrogen) atoms. The quantitative estimate of drug-likeness (QED) is 0.681. The molecule has 0 radical (unpaired) electrons. The maximum absolute atomic E-state index is 9.96. The fourth-order valence-corrected chi connectivity index (χ4v) is 2.63. The van der Waals surface area contributed by atoms with E-state index in [1.165, 1.54) is 19.3 Å². The van der Waals surface area contributed by atoms with Crippen molar-refractivity contribution in [2.24, 2.45) is 0 Å². The molecular weight excluding hydrogens is 174 g/mol. The number of hydrogen-bond donors (Lipinski definition) is 1. The van der Waals surface area contributed by atoms with E-state index in [1.54, 1.807) is 5.57 Å². The summed E-state index contributed by atoms with van der Waals surface area (Å²) in [7, 11) is 0. The molecule has 80 valence electrons. The van der Waals surface area contributed by atoms with Gasteiger partial charge in [-0.1, -0.05) is 11.6 Å². The molecule has 0 bridgehead atoms. The lowest BCUT2D eigenvalue weighted by atomic mass is 9.95. The standard InChI is InChI=1S/C12H21NO/c1-12(14)7-4-8-13(10-12)9-11-5-2-3-6-11/h5,14H,2-4,6-10H2,1H3. The Bertz CT molecular complexity index is 232. The van der Waals surface area contributed by atoms with Crippen molar-refractivity contribution in [2.45, 2.75) is 44.6 Å². The van der Waals surface area contributed by atoms with Crippen molar-refractivity contribution in [1.82, 2.24) is 4.90 Å². The zero-order valence-electron chi connectivity index (χ0n) is 9.13. The lowest BCUT2D eigenvalue weighted by molar-refractivity contribution is -0.0125. The smallest absolute Gasteiger partial charge is 0.0746 e. The van der Waals surface area contributed by atoms with Gasteiger partial charge in [0.25, 0.3) is 0 Å². The van der Waals surface area contributed by atoms with Crippen LogP contribution in [0.1, 0.15) is 39.0 Å². The first-order valence-electron chi connectivity index (χ1n) is 5.78. The van der Waals surface area contributed by atoms with Crippen LogP contribution >= 0.6 is 0 Å². The van der Waals surface area contributed by atoms with E-state index in [1.807, 2.05) is 6.92 Å². The van der Waals surface area contributed by atoms with Crippen molar-refractivity contribution < 1.29 is 5.11 Å². The first-order chi connectivity index (χ1) is 6.66. The van der Waals surface area contributed by atoms with Gasteiger partial charge in [0, 0.05) is 13.1 Å². The van der Waals surface area contributed by atoms with Crippen molar-refractivity contribution in [3.05, 3.63) is 11.6 Å². The molecule has 0 spiro atoms. The Morgan fingerprint density at radius 1 is 1.50 bits per heavy atom. The number of rotatable bonds is 2. The van der Waals surface area contributed by atoms with E-state index in [0.717, 1.165) is 32.5 Å². The average molecular weight is 195 g/mol. The molecule has 2 aliphatic rings. The Balaban J connectivity index is 1.85. The summed E-state index contributed by atoms with van der Waals surface area (Å²) < 4.78 is 0. The second-order valence-electron chi connectivity index (χ2n) is 5.07. The van der Waals surface area contributed by atoms with E-state index < -0.39 is 5.60 Å². The number of likely N-dealkylation sites (tertiary alicyclic amines) is 1. The minimum Gasteiger partial charge on any atom is -0.389 e. The first-order valence-corrected chi connectivity index (χ1v) is 5.78. The molecule has 1 N–H and O–H groups in total. The summed E-state index contributed by atoms with van der Waals surface area (Å²) in [6.45, 7) is 5.07. The monoisotopic (exact) mass is 195 g/mol. The number of aliphatic hydroxyl groups is 1. The van der Waals surface area contributed by atoms with Crippen molar-refractivity contribution in [1.29, 1.82) is 0 Å². The predicted molar refractivity (Wildman–Crippen MR) is 58.2 cm³/mol. The van der Waals surface area contributed by atoms with Gasteiger partial charge in [-0.05, 0) is 45.6 Å². The van der Waals surface area contributed by atoms with Crippen LogP contribution in [0.15, 0.2) is 11.6 Å². The second kappa shape index (κ2) is 4.03. The van der Waals surface area contributed by atoms with E-state index in [-0.39, 0.29) is 0 Å². The highest BCUT2D eigenvalue weighted by molar-refractivity contribution is 5.10. The summed E-state index contributed by atoms with van der Waals surface area (Å²) >= 11 is 0. The molecule has 1 aliphatic carbocycles. The predicted octanol–water partition coefficient (Wildman–Crippen LogP) is 1.94. The first kappa shape index (κ1) is 10.2. The number of allylic oxidation sites excluding steroid dienone is 1. The largest absolute Gasteiger partial charge is 0.389 e. The van der Waals surface area contributed by atoms with Gasteiger partial charge in [0.2, 0.25) is 0 Å². The van der Waals surface area contributed by atoms with Crippen LogP contribution in [0.25, 0.3) is 0 Å². The van der Waals surface area contributed by atoms with Crippen LogP contribution in [-0.4, -0.2) is 35.2 Å². The third kappa shape index (κ3) is 2.58. The summed E-state index contributed by atoms with van der Waals surface area (Å²) in [5.41, 5.74) is 1.14. The summed E-state index contributed by atoms with van der Waals surface area (Å²) in [5, 5.41) is 9.96. The van der Waals surface area contributed by atoms with Crippen molar-refractivity contribution in [2.75, 3.05) is 19.6 Å². The highest BCUT2D eigenvalue weighted by atomic mass is 16.3. The molecule has 0 saturated carbocycles. The highest BCUT2D eigenvalue weighted by Crippen LogP contribution is 2.24. The van der Waals surface area contributed by atoms with Crippen LogP contribution in [0.4, 0.5) is 0 Å². The molecule has 0 amide bonds. The van der Waals surface area contributed by atoms with Crippen LogP contribution in [0.5, 0.6) is 0 Å². The molecule has 0 aromatic heterocycles. The van der Waals surface area contributed by atoms with E-state index in [9.17, 15) is 5.11 Å².